The van der Waals surface area contributed by atoms with Gasteiger partial charge in [0.2, 0.25) is 0 Å². The molecule has 16 heavy (non-hydrogen) atoms. The van der Waals surface area contributed by atoms with E-state index in [1.807, 2.05) is 35.9 Å². The van der Waals surface area contributed by atoms with E-state index < -0.39 is 0 Å². The molecule has 1 heterocycles. The van der Waals surface area contributed by atoms with Crippen LogP contribution in [-0.2, 0) is 0 Å². The van der Waals surface area contributed by atoms with Gasteiger partial charge in [0, 0.05) is 5.56 Å². The highest BCUT2D eigenvalue weighted by Gasteiger charge is 2.06. The molecule has 0 atom stereocenters. The fourth-order valence-electron chi connectivity index (χ4n) is 1.58. The van der Waals surface area contributed by atoms with Crippen molar-refractivity contribution in [3.05, 3.63) is 40.6 Å². The molecule has 0 radical (unpaired) electrons. The Labute approximate surface area is 98.5 Å². The molecule has 1 aromatic carbocycles. The molecule has 3 heteroatoms. The lowest BCUT2D eigenvalue weighted by Gasteiger charge is -2.07. The summed E-state index contributed by atoms with van der Waals surface area (Å²) < 4.78 is 5.36. The number of rotatable bonds is 4. The molecule has 0 N–H and O–H groups in total. The maximum absolute atomic E-state index is 11.0. The molecule has 0 saturated carbocycles. The average molecular weight is 232 g/mol. The second kappa shape index (κ2) is 4.94. The van der Waals surface area contributed by atoms with Crippen molar-refractivity contribution in [2.75, 3.05) is 6.61 Å². The normalized spacial score (nSPS) is 10.1. The molecular formula is C13H12O2S. The van der Waals surface area contributed by atoms with Crippen LogP contribution in [0.25, 0.3) is 11.1 Å². The number of hydrogen-bond acceptors (Lipinski definition) is 3. The summed E-state index contributed by atoms with van der Waals surface area (Å²) in [5.74, 6) is 0.739. The van der Waals surface area contributed by atoms with Crippen LogP contribution in [0.2, 0.25) is 0 Å². The summed E-state index contributed by atoms with van der Waals surface area (Å²) in [6, 6.07) is 7.61. The molecule has 2 rings (SSSR count). The van der Waals surface area contributed by atoms with Crippen LogP contribution in [0.1, 0.15) is 17.3 Å². The van der Waals surface area contributed by atoms with Crippen molar-refractivity contribution in [1.29, 1.82) is 0 Å². The fourth-order valence-corrected chi connectivity index (χ4v) is 2.23. The van der Waals surface area contributed by atoms with Gasteiger partial charge in [-0.1, -0.05) is 0 Å². The first-order valence-corrected chi connectivity index (χ1v) is 6.04. The third-order valence-corrected chi connectivity index (χ3v) is 2.98. The molecule has 0 unspecified atom stereocenters. The molecule has 0 spiro atoms. The van der Waals surface area contributed by atoms with Crippen molar-refractivity contribution in [2.24, 2.45) is 0 Å². The Bertz CT molecular complexity index is 475. The summed E-state index contributed by atoms with van der Waals surface area (Å²) in [5.41, 5.74) is 2.71. The minimum absolute atomic E-state index is 0.607. The average Bonchev–Trinajstić information content (AvgIpc) is 2.83. The second-order valence-electron chi connectivity index (χ2n) is 3.31. The van der Waals surface area contributed by atoms with E-state index in [1.54, 1.807) is 17.4 Å². The summed E-state index contributed by atoms with van der Waals surface area (Å²) in [5, 5.41) is 4.03. The lowest BCUT2D eigenvalue weighted by molar-refractivity contribution is 0.112. The fraction of sp³-hybridized carbons (Fsp3) is 0.154. The van der Waals surface area contributed by atoms with Crippen molar-refractivity contribution >= 4 is 17.6 Å². The Morgan fingerprint density at radius 3 is 2.88 bits per heavy atom. The summed E-state index contributed by atoms with van der Waals surface area (Å²) in [6.45, 7) is 2.53. The molecule has 0 bridgehead atoms. The van der Waals surface area contributed by atoms with Crippen LogP contribution in [0.4, 0.5) is 0 Å². The lowest BCUT2D eigenvalue weighted by Crippen LogP contribution is -1.93. The molecule has 0 aliphatic rings. The van der Waals surface area contributed by atoms with Crippen molar-refractivity contribution < 1.29 is 9.53 Å². The number of benzene rings is 1. The largest absolute Gasteiger partial charge is 0.494 e. The molecular weight excluding hydrogens is 220 g/mol. The SMILES string of the molecule is CCOc1ccc(-c2ccsc2)c(C=O)c1. The molecule has 0 aliphatic carbocycles. The first-order chi connectivity index (χ1) is 7.85. The van der Waals surface area contributed by atoms with Gasteiger partial charge in [-0.2, -0.15) is 11.3 Å². The van der Waals surface area contributed by atoms with Gasteiger partial charge in [0.25, 0.3) is 0 Å². The molecule has 82 valence electrons. The highest BCUT2D eigenvalue weighted by Crippen LogP contribution is 2.28. The molecule has 0 saturated heterocycles. The lowest BCUT2D eigenvalue weighted by atomic mass is 10.0. The smallest absolute Gasteiger partial charge is 0.150 e. The van der Waals surface area contributed by atoms with Crippen LogP contribution in [0.5, 0.6) is 5.75 Å². The van der Waals surface area contributed by atoms with Gasteiger partial charge < -0.3 is 4.74 Å². The van der Waals surface area contributed by atoms with E-state index in [2.05, 4.69) is 0 Å². The van der Waals surface area contributed by atoms with Crippen molar-refractivity contribution in [2.45, 2.75) is 6.92 Å². The van der Waals surface area contributed by atoms with Gasteiger partial charge >= 0.3 is 0 Å². The van der Waals surface area contributed by atoms with E-state index in [-0.39, 0.29) is 0 Å². The zero-order chi connectivity index (χ0) is 11.4. The van der Waals surface area contributed by atoms with E-state index in [0.717, 1.165) is 23.2 Å². The first kappa shape index (κ1) is 10.9. The molecule has 2 nitrogen and oxygen atoms in total. The third-order valence-electron chi connectivity index (χ3n) is 2.29. The monoisotopic (exact) mass is 232 g/mol. The molecule has 1 aromatic heterocycles. The van der Waals surface area contributed by atoms with Gasteiger partial charge in [0.15, 0.2) is 6.29 Å². The van der Waals surface area contributed by atoms with E-state index in [0.29, 0.717) is 12.2 Å². The Morgan fingerprint density at radius 1 is 1.38 bits per heavy atom. The topological polar surface area (TPSA) is 26.3 Å². The number of hydrogen-bond donors (Lipinski definition) is 0. The van der Waals surface area contributed by atoms with Crippen LogP contribution in [0, 0.1) is 0 Å². The van der Waals surface area contributed by atoms with Crippen molar-refractivity contribution in [3.63, 3.8) is 0 Å². The van der Waals surface area contributed by atoms with Crippen LogP contribution in [-0.4, -0.2) is 12.9 Å². The van der Waals surface area contributed by atoms with Crippen LogP contribution in [0.3, 0.4) is 0 Å². The van der Waals surface area contributed by atoms with Gasteiger partial charge in [-0.25, -0.2) is 0 Å². The van der Waals surface area contributed by atoms with Crippen LogP contribution >= 0.6 is 11.3 Å². The molecule has 0 aliphatic heterocycles. The van der Waals surface area contributed by atoms with Crippen molar-refractivity contribution in [3.8, 4) is 16.9 Å². The number of thiophene rings is 1. The maximum atomic E-state index is 11.0. The minimum Gasteiger partial charge on any atom is -0.494 e. The number of carbonyl (C=O) groups is 1. The van der Waals surface area contributed by atoms with E-state index in [4.69, 9.17) is 4.74 Å². The highest BCUT2D eigenvalue weighted by molar-refractivity contribution is 7.08. The van der Waals surface area contributed by atoms with Crippen LogP contribution < -0.4 is 4.74 Å². The summed E-state index contributed by atoms with van der Waals surface area (Å²) in [7, 11) is 0. The van der Waals surface area contributed by atoms with Gasteiger partial charge in [0.1, 0.15) is 5.75 Å². The highest BCUT2D eigenvalue weighted by atomic mass is 32.1. The predicted molar refractivity (Wildman–Crippen MR) is 66.3 cm³/mol. The Balaban J connectivity index is 2.43. The summed E-state index contributed by atoms with van der Waals surface area (Å²) in [4.78, 5) is 11.0. The Kier molecular flexibility index (Phi) is 3.37. The zero-order valence-electron chi connectivity index (χ0n) is 8.97. The Hall–Kier alpha value is -1.61. The van der Waals surface area contributed by atoms with Gasteiger partial charge in [-0.05, 0) is 53.1 Å². The Morgan fingerprint density at radius 2 is 2.25 bits per heavy atom. The van der Waals surface area contributed by atoms with Gasteiger partial charge in [-0.15, -0.1) is 0 Å². The quantitative estimate of drug-likeness (QED) is 0.752. The number of aldehydes is 1. The van der Waals surface area contributed by atoms with E-state index in [9.17, 15) is 4.79 Å². The van der Waals surface area contributed by atoms with E-state index >= 15 is 0 Å². The second-order valence-corrected chi connectivity index (χ2v) is 4.09. The number of ether oxygens (including phenoxy) is 1. The van der Waals surface area contributed by atoms with Crippen LogP contribution in [0.15, 0.2) is 35.0 Å². The summed E-state index contributed by atoms with van der Waals surface area (Å²) in [6.07, 6.45) is 0.871. The van der Waals surface area contributed by atoms with Gasteiger partial charge in [0.05, 0.1) is 6.61 Å². The first-order valence-electron chi connectivity index (χ1n) is 5.09. The maximum Gasteiger partial charge on any atom is 0.150 e. The predicted octanol–water partition coefficient (Wildman–Crippen LogP) is 3.63. The zero-order valence-corrected chi connectivity index (χ0v) is 9.79. The van der Waals surface area contributed by atoms with Crippen molar-refractivity contribution in [1.82, 2.24) is 0 Å². The minimum atomic E-state index is 0.607. The molecule has 2 aromatic rings. The number of carbonyl (C=O) groups excluding carboxylic acids is 1. The third kappa shape index (κ3) is 2.14. The van der Waals surface area contributed by atoms with E-state index in [1.165, 1.54) is 0 Å². The standard InChI is InChI=1S/C13H12O2S/c1-2-15-12-3-4-13(11(7-12)8-14)10-5-6-16-9-10/h3-9H,2H2,1H3. The molecule has 0 amide bonds. The molecule has 0 fully saturated rings. The van der Waals surface area contributed by atoms with Gasteiger partial charge in [-0.3, -0.25) is 4.79 Å². The summed E-state index contributed by atoms with van der Waals surface area (Å²) >= 11 is 1.62.